The first-order valence-corrected chi connectivity index (χ1v) is 11.2. The predicted molar refractivity (Wildman–Crippen MR) is 128 cm³/mol. The molecule has 8 heteroatoms. The standard InChI is InChI=1S/C23H24Cl3N3O2/c1-13(2)12-28(23(31)20(25)26)15(4)21-27-18-8-6-5-7-17(18)22(30)29(21)19-10-9-16(24)11-14(19)3/h5-11,13,15,20H,12H2,1-4H3. The summed E-state index contributed by atoms with van der Waals surface area (Å²) in [5.74, 6) is 0.166. The Kier molecular flexibility index (Phi) is 7.30. The second-order valence-corrected chi connectivity index (χ2v) is 9.45. The summed E-state index contributed by atoms with van der Waals surface area (Å²) in [4.78, 5) is 31.6. The highest BCUT2D eigenvalue weighted by Crippen LogP contribution is 2.27. The maximum Gasteiger partial charge on any atom is 0.266 e. The van der Waals surface area contributed by atoms with Gasteiger partial charge in [0.05, 0.1) is 22.6 Å². The minimum Gasteiger partial charge on any atom is -0.330 e. The summed E-state index contributed by atoms with van der Waals surface area (Å²) in [7, 11) is 0. The molecule has 0 radical (unpaired) electrons. The Morgan fingerprint density at radius 2 is 1.81 bits per heavy atom. The van der Waals surface area contributed by atoms with Gasteiger partial charge in [-0.3, -0.25) is 14.2 Å². The van der Waals surface area contributed by atoms with Crippen LogP contribution >= 0.6 is 34.8 Å². The molecule has 0 spiro atoms. The molecule has 0 N–H and O–H groups in total. The van der Waals surface area contributed by atoms with E-state index in [-0.39, 0.29) is 11.5 Å². The van der Waals surface area contributed by atoms with E-state index in [2.05, 4.69) is 0 Å². The second-order valence-electron chi connectivity index (χ2n) is 7.92. The molecule has 1 atom stereocenters. The largest absolute Gasteiger partial charge is 0.330 e. The van der Waals surface area contributed by atoms with Crippen LogP contribution in [0.3, 0.4) is 0 Å². The van der Waals surface area contributed by atoms with Gasteiger partial charge < -0.3 is 4.90 Å². The van der Waals surface area contributed by atoms with Gasteiger partial charge in [0, 0.05) is 11.6 Å². The summed E-state index contributed by atoms with van der Waals surface area (Å²) in [6.07, 6.45) is 0. The lowest BCUT2D eigenvalue weighted by Crippen LogP contribution is -2.41. The van der Waals surface area contributed by atoms with Crippen LogP contribution in [-0.4, -0.2) is 31.7 Å². The fourth-order valence-electron chi connectivity index (χ4n) is 3.63. The smallest absolute Gasteiger partial charge is 0.266 e. The number of amides is 1. The molecule has 2 aromatic carbocycles. The number of rotatable bonds is 6. The molecule has 1 heterocycles. The fourth-order valence-corrected chi connectivity index (χ4v) is 4.11. The maximum absolute atomic E-state index is 13.6. The predicted octanol–water partition coefficient (Wildman–Crippen LogP) is 5.70. The van der Waals surface area contributed by atoms with Gasteiger partial charge in [-0.05, 0) is 55.7 Å². The molecule has 3 aromatic rings. The van der Waals surface area contributed by atoms with E-state index in [1.165, 1.54) is 0 Å². The zero-order valence-corrected chi connectivity index (χ0v) is 20.0. The van der Waals surface area contributed by atoms with E-state index in [0.29, 0.717) is 34.0 Å². The van der Waals surface area contributed by atoms with E-state index < -0.39 is 16.8 Å². The molecular formula is C23H24Cl3N3O2. The topological polar surface area (TPSA) is 55.2 Å². The Morgan fingerprint density at radius 1 is 1.13 bits per heavy atom. The number of halogens is 3. The van der Waals surface area contributed by atoms with Gasteiger partial charge in [0.1, 0.15) is 5.82 Å². The molecule has 31 heavy (non-hydrogen) atoms. The number of alkyl halides is 2. The van der Waals surface area contributed by atoms with Gasteiger partial charge in [-0.1, -0.05) is 60.8 Å². The second kappa shape index (κ2) is 9.60. The lowest BCUT2D eigenvalue weighted by Gasteiger charge is -2.32. The minimum absolute atomic E-state index is 0.163. The van der Waals surface area contributed by atoms with Crippen LogP contribution < -0.4 is 5.56 Å². The lowest BCUT2D eigenvalue weighted by molar-refractivity contribution is -0.132. The molecule has 0 fully saturated rings. The van der Waals surface area contributed by atoms with Gasteiger partial charge in [0.15, 0.2) is 4.84 Å². The fraction of sp³-hybridized carbons (Fsp3) is 0.348. The van der Waals surface area contributed by atoms with Crippen molar-refractivity contribution in [3.8, 4) is 5.69 Å². The summed E-state index contributed by atoms with van der Waals surface area (Å²) in [6.45, 7) is 8.11. The summed E-state index contributed by atoms with van der Waals surface area (Å²) in [6, 6.07) is 11.9. The monoisotopic (exact) mass is 479 g/mol. The average Bonchev–Trinajstić information content (AvgIpc) is 2.71. The first-order chi connectivity index (χ1) is 14.6. The number of benzene rings is 2. The van der Waals surface area contributed by atoms with Crippen LogP contribution in [0.15, 0.2) is 47.3 Å². The number of carbonyl (C=O) groups excluding carboxylic acids is 1. The first-order valence-electron chi connectivity index (χ1n) is 9.98. The molecule has 0 aliphatic rings. The Bertz CT molecular complexity index is 1170. The number of fused-ring (bicyclic) bond motifs is 1. The van der Waals surface area contributed by atoms with Crippen LogP contribution in [0, 0.1) is 12.8 Å². The highest BCUT2D eigenvalue weighted by atomic mass is 35.5. The van der Waals surface area contributed by atoms with Crippen molar-refractivity contribution < 1.29 is 4.79 Å². The summed E-state index contributed by atoms with van der Waals surface area (Å²) in [5.41, 5.74) is 1.81. The number of para-hydroxylation sites is 1. The van der Waals surface area contributed by atoms with Crippen LogP contribution in [0.1, 0.15) is 38.2 Å². The maximum atomic E-state index is 13.6. The Morgan fingerprint density at radius 3 is 2.42 bits per heavy atom. The highest BCUT2D eigenvalue weighted by Gasteiger charge is 2.30. The van der Waals surface area contributed by atoms with Crippen LogP contribution in [0.25, 0.3) is 16.6 Å². The third kappa shape index (κ3) is 4.89. The summed E-state index contributed by atoms with van der Waals surface area (Å²) >= 11 is 18.0. The van der Waals surface area contributed by atoms with Crippen molar-refractivity contribution in [2.24, 2.45) is 5.92 Å². The molecule has 0 saturated carbocycles. The Labute approximate surface area is 196 Å². The zero-order valence-electron chi connectivity index (χ0n) is 17.8. The van der Waals surface area contributed by atoms with Crippen LogP contribution in [0.2, 0.25) is 5.02 Å². The lowest BCUT2D eigenvalue weighted by atomic mass is 10.1. The van der Waals surface area contributed by atoms with Crippen molar-refractivity contribution in [2.75, 3.05) is 6.54 Å². The van der Waals surface area contributed by atoms with E-state index >= 15 is 0 Å². The van der Waals surface area contributed by atoms with Crippen LogP contribution in [0.4, 0.5) is 0 Å². The molecule has 0 aliphatic heterocycles. The van der Waals surface area contributed by atoms with Crippen molar-refractivity contribution in [1.29, 1.82) is 0 Å². The highest BCUT2D eigenvalue weighted by molar-refractivity contribution is 6.53. The molecule has 5 nitrogen and oxygen atoms in total. The number of nitrogens with zero attached hydrogens (tertiary/aromatic N) is 3. The SMILES string of the molecule is Cc1cc(Cl)ccc1-n1c(C(C)N(CC(C)C)C(=O)C(Cl)Cl)nc2ccccc2c1=O. The van der Waals surface area contributed by atoms with Crippen molar-refractivity contribution in [1.82, 2.24) is 14.5 Å². The van der Waals surface area contributed by atoms with Gasteiger partial charge in [-0.2, -0.15) is 0 Å². The third-order valence-corrected chi connectivity index (χ3v) is 5.68. The molecule has 0 bridgehead atoms. The molecule has 164 valence electrons. The molecule has 1 aromatic heterocycles. The van der Waals surface area contributed by atoms with Crippen LogP contribution in [-0.2, 0) is 4.79 Å². The first kappa shape index (κ1) is 23.6. The molecule has 1 unspecified atom stereocenters. The molecule has 0 aliphatic carbocycles. The van der Waals surface area contributed by atoms with E-state index in [9.17, 15) is 9.59 Å². The van der Waals surface area contributed by atoms with Crippen molar-refractivity contribution in [2.45, 2.75) is 38.6 Å². The number of hydrogen-bond acceptors (Lipinski definition) is 3. The molecular weight excluding hydrogens is 457 g/mol. The summed E-state index contributed by atoms with van der Waals surface area (Å²) in [5, 5.41) is 1.06. The number of aryl methyl sites for hydroxylation is 1. The van der Waals surface area contributed by atoms with Crippen molar-refractivity contribution in [3.63, 3.8) is 0 Å². The van der Waals surface area contributed by atoms with E-state index in [4.69, 9.17) is 39.8 Å². The Hall–Kier alpha value is -2.08. The number of hydrogen-bond donors (Lipinski definition) is 0. The van der Waals surface area contributed by atoms with E-state index in [1.807, 2.05) is 33.8 Å². The van der Waals surface area contributed by atoms with Crippen LogP contribution in [0.5, 0.6) is 0 Å². The van der Waals surface area contributed by atoms with E-state index in [1.54, 1.807) is 45.9 Å². The minimum atomic E-state index is -1.21. The number of aromatic nitrogens is 2. The number of carbonyl (C=O) groups is 1. The third-order valence-electron chi connectivity index (χ3n) is 5.07. The van der Waals surface area contributed by atoms with Gasteiger partial charge in [0.25, 0.3) is 11.5 Å². The molecule has 3 rings (SSSR count). The van der Waals surface area contributed by atoms with Gasteiger partial charge in [0.2, 0.25) is 0 Å². The summed E-state index contributed by atoms with van der Waals surface area (Å²) < 4.78 is 1.55. The van der Waals surface area contributed by atoms with Crippen molar-refractivity contribution >= 4 is 51.6 Å². The van der Waals surface area contributed by atoms with Gasteiger partial charge >= 0.3 is 0 Å². The van der Waals surface area contributed by atoms with E-state index in [0.717, 1.165) is 5.56 Å². The molecule has 0 saturated heterocycles. The molecule has 1 amide bonds. The van der Waals surface area contributed by atoms with Crippen molar-refractivity contribution in [3.05, 3.63) is 69.2 Å². The van der Waals surface area contributed by atoms with Gasteiger partial charge in [-0.15, -0.1) is 0 Å². The normalized spacial score (nSPS) is 12.5. The Balaban J connectivity index is 2.31. The average molecular weight is 481 g/mol. The van der Waals surface area contributed by atoms with Gasteiger partial charge in [-0.25, -0.2) is 4.98 Å². The zero-order chi connectivity index (χ0) is 22.9. The quantitative estimate of drug-likeness (QED) is 0.425.